The second-order valence-corrected chi connectivity index (χ2v) is 8.38. The second-order valence-electron chi connectivity index (χ2n) is 7.57. The summed E-state index contributed by atoms with van der Waals surface area (Å²) in [5.41, 5.74) is 1.60. The van der Waals surface area contributed by atoms with Crippen LogP contribution in [0.5, 0.6) is 0 Å². The number of hydrogen-bond donors (Lipinski definition) is 2. The number of rotatable bonds is 3. The number of ketones is 1. The van der Waals surface area contributed by atoms with Crippen molar-refractivity contribution in [3.8, 4) is 0 Å². The Balaban J connectivity index is 1.78. The molecule has 2 heterocycles. The SMILES string of the molecule is O=C1C(=O)N(c2cccc(F)c2)C(c2ccc(Cl)c(Cl)c2)/C1=C(/O)c1c[nH]c2ccccc12. The van der Waals surface area contributed by atoms with Gasteiger partial charge in [-0.05, 0) is 42.0 Å². The van der Waals surface area contributed by atoms with Crippen molar-refractivity contribution in [1.29, 1.82) is 0 Å². The number of halogens is 3. The van der Waals surface area contributed by atoms with Crippen molar-refractivity contribution in [3.05, 3.63) is 105 Å². The van der Waals surface area contributed by atoms with Crippen LogP contribution < -0.4 is 4.90 Å². The number of para-hydroxylation sites is 1. The maximum Gasteiger partial charge on any atom is 0.300 e. The molecule has 1 aliphatic heterocycles. The third-order valence-electron chi connectivity index (χ3n) is 5.63. The van der Waals surface area contributed by atoms with Gasteiger partial charge < -0.3 is 10.1 Å². The number of aliphatic hydroxyl groups excluding tert-OH is 1. The minimum absolute atomic E-state index is 0.132. The largest absolute Gasteiger partial charge is 0.507 e. The number of benzene rings is 3. The molecule has 3 aromatic carbocycles. The van der Waals surface area contributed by atoms with Gasteiger partial charge in [-0.25, -0.2) is 4.39 Å². The van der Waals surface area contributed by atoms with Crippen LogP contribution in [-0.4, -0.2) is 21.8 Å². The van der Waals surface area contributed by atoms with E-state index in [2.05, 4.69) is 4.98 Å². The van der Waals surface area contributed by atoms with Gasteiger partial charge in [-0.2, -0.15) is 0 Å². The Labute approximate surface area is 197 Å². The number of nitrogens with one attached hydrogen (secondary N) is 1. The molecule has 1 saturated heterocycles. The molecule has 1 amide bonds. The number of amides is 1. The molecule has 1 aromatic heterocycles. The van der Waals surface area contributed by atoms with Crippen molar-refractivity contribution in [3.63, 3.8) is 0 Å². The summed E-state index contributed by atoms with van der Waals surface area (Å²) in [5, 5.41) is 12.5. The number of aromatic nitrogens is 1. The first-order chi connectivity index (χ1) is 15.9. The van der Waals surface area contributed by atoms with Gasteiger partial charge in [-0.1, -0.05) is 53.5 Å². The topological polar surface area (TPSA) is 73.4 Å². The first-order valence-electron chi connectivity index (χ1n) is 9.95. The molecule has 0 saturated carbocycles. The molecule has 4 aromatic rings. The maximum atomic E-state index is 14.0. The van der Waals surface area contributed by atoms with Crippen molar-refractivity contribution >= 4 is 57.2 Å². The molecule has 1 fully saturated rings. The van der Waals surface area contributed by atoms with Gasteiger partial charge in [0.15, 0.2) is 0 Å². The number of fused-ring (bicyclic) bond motifs is 1. The van der Waals surface area contributed by atoms with Crippen molar-refractivity contribution in [2.24, 2.45) is 0 Å². The van der Waals surface area contributed by atoms with Gasteiger partial charge in [0.2, 0.25) is 0 Å². The van der Waals surface area contributed by atoms with Crippen molar-refractivity contribution in [1.82, 2.24) is 4.98 Å². The average Bonchev–Trinajstić information content (AvgIpc) is 3.34. The lowest BCUT2D eigenvalue weighted by Gasteiger charge is -2.25. The molecule has 0 aliphatic carbocycles. The van der Waals surface area contributed by atoms with E-state index in [-0.39, 0.29) is 22.0 Å². The van der Waals surface area contributed by atoms with Gasteiger partial charge in [-0.15, -0.1) is 0 Å². The molecule has 5 rings (SSSR count). The summed E-state index contributed by atoms with van der Waals surface area (Å²) in [6, 6.07) is 16.2. The summed E-state index contributed by atoms with van der Waals surface area (Å²) in [5.74, 6) is -2.70. The van der Waals surface area contributed by atoms with Crippen molar-refractivity contribution in [2.45, 2.75) is 6.04 Å². The molecular weight excluding hydrogens is 466 g/mol. The van der Waals surface area contributed by atoms with E-state index in [0.717, 1.165) is 16.5 Å². The number of anilines is 1. The number of H-pyrrole nitrogens is 1. The summed E-state index contributed by atoms with van der Waals surface area (Å²) in [6.07, 6.45) is 1.57. The van der Waals surface area contributed by atoms with E-state index in [4.69, 9.17) is 23.2 Å². The third kappa shape index (κ3) is 3.48. The van der Waals surface area contributed by atoms with Gasteiger partial charge in [0, 0.05) is 28.4 Å². The van der Waals surface area contributed by atoms with Crippen LogP contribution in [0.2, 0.25) is 10.0 Å². The number of aromatic amines is 1. The predicted molar refractivity (Wildman–Crippen MR) is 126 cm³/mol. The number of nitrogens with zero attached hydrogens (tertiary/aromatic N) is 1. The highest BCUT2D eigenvalue weighted by atomic mass is 35.5. The minimum Gasteiger partial charge on any atom is -0.507 e. The highest BCUT2D eigenvalue weighted by Gasteiger charge is 2.47. The number of carbonyl (C=O) groups excluding carboxylic acids is 2. The van der Waals surface area contributed by atoms with E-state index in [0.29, 0.717) is 21.5 Å². The molecule has 0 radical (unpaired) electrons. The van der Waals surface area contributed by atoms with Crippen LogP contribution in [0.4, 0.5) is 10.1 Å². The second kappa shape index (κ2) is 8.06. The zero-order chi connectivity index (χ0) is 23.3. The van der Waals surface area contributed by atoms with Crippen LogP contribution in [0.1, 0.15) is 17.2 Å². The zero-order valence-corrected chi connectivity index (χ0v) is 18.4. The smallest absolute Gasteiger partial charge is 0.300 e. The van der Waals surface area contributed by atoms with Gasteiger partial charge in [0.25, 0.3) is 11.7 Å². The molecular formula is C25H15Cl2FN2O3. The molecule has 0 bridgehead atoms. The van der Waals surface area contributed by atoms with Crippen molar-refractivity contribution < 1.29 is 19.1 Å². The molecule has 164 valence electrons. The molecule has 2 N–H and O–H groups in total. The first kappa shape index (κ1) is 21.2. The lowest BCUT2D eigenvalue weighted by atomic mass is 9.95. The molecule has 0 spiro atoms. The fourth-order valence-electron chi connectivity index (χ4n) is 4.14. The van der Waals surface area contributed by atoms with Gasteiger partial charge >= 0.3 is 0 Å². The number of hydrogen-bond acceptors (Lipinski definition) is 3. The Morgan fingerprint density at radius 1 is 0.970 bits per heavy atom. The molecule has 1 unspecified atom stereocenters. The molecule has 8 heteroatoms. The number of aliphatic hydroxyl groups is 1. The predicted octanol–water partition coefficient (Wildman–Crippen LogP) is 6.24. The van der Waals surface area contributed by atoms with E-state index in [1.54, 1.807) is 24.4 Å². The Hall–Kier alpha value is -3.61. The van der Waals surface area contributed by atoms with Crippen LogP contribution in [0, 0.1) is 5.82 Å². The summed E-state index contributed by atoms with van der Waals surface area (Å²) in [4.78, 5) is 30.6. The summed E-state index contributed by atoms with van der Waals surface area (Å²) < 4.78 is 14.0. The van der Waals surface area contributed by atoms with Crippen LogP contribution in [0.3, 0.4) is 0 Å². The van der Waals surface area contributed by atoms with Gasteiger partial charge in [0.05, 0.1) is 21.7 Å². The minimum atomic E-state index is -1.05. The quantitative estimate of drug-likeness (QED) is 0.207. The monoisotopic (exact) mass is 480 g/mol. The summed E-state index contributed by atoms with van der Waals surface area (Å²) >= 11 is 12.3. The lowest BCUT2D eigenvalue weighted by molar-refractivity contribution is -0.132. The zero-order valence-electron chi connectivity index (χ0n) is 16.9. The summed E-state index contributed by atoms with van der Waals surface area (Å²) in [7, 11) is 0. The number of carbonyl (C=O) groups is 2. The maximum absolute atomic E-state index is 14.0. The first-order valence-corrected chi connectivity index (χ1v) is 10.7. The fraction of sp³-hybridized carbons (Fsp3) is 0.0400. The van der Waals surface area contributed by atoms with Gasteiger partial charge in [0.1, 0.15) is 11.6 Å². The number of Topliss-reactive ketones (excluding diaryl/α,β-unsaturated/α-hetero) is 1. The lowest BCUT2D eigenvalue weighted by Crippen LogP contribution is -2.29. The Bertz CT molecular complexity index is 1480. The van der Waals surface area contributed by atoms with Crippen molar-refractivity contribution in [2.75, 3.05) is 4.90 Å². The van der Waals surface area contributed by atoms with Crippen LogP contribution in [0.15, 0.2) is 78.5 Å². The van der Waals surface area contributed by atoms with E-state index < -0.39 is 23.5 Å². The highest BCUT2D eigenvalue weighted by molar-refractivity contribution is 6.52. The highest BCUT2D eigenvalue weighted by Crippen LogP contribution is 2.44. The molecule has 5 nitrogen and oxygen atoms in total. The average molecular weight is 481 g/mol. The van der Waals surface area contributed by atoms with E-state index in [1.165, 1.54) is 30.3 Å². The Morgan fingerprint density at radius 2 is 1.76 bits per heavy atom. The van der Waals surface area contributed by atoms with Gasteiger partial charge in [-0.3, -0.25) is 14.5 Å². The molecule has 1 atom stereocenters. The Morgan fingerprint density at radius 3 is 2.52 bits per heavy atom. The Kier molecular flexibility index (Phi) is 5.19. The standard InChI is InChI=1S/C25H15Cl2FN2O3/c26-18-9-8-13(10-19(18)27)22-21(23(31)17-12-29-20-7-2-1-6-16(17)20)24(32)25(33)30(22)15-5-3-4-14(28)11-15/h1-12,22,29,31H/b23-21-. The fourth-order valence-corrected chi connectivity index (χ4v) is 4.44. The van der Waals surface area contributed by atoms with Crippen LogP contribution in [0.25, 0.3) is 16.7 Å². The van der Waals surface area contributed by atoms with E-state index in [9.17, 15) is 19.1 Å². The van der Waals surface area contributed by atoms with E-state index >= 15 is 0 Å². The van der Waals surface area contributed by atoms with Crippen LogP contribution in [-0.2, 0) is 9.59 Å². The molecule has 1 aliphatic rings. The van der Waals surface area contributed by atoms with Crippen LogP contribution >= 0.6 is 23.2 Å². The molecule has 33 heavy (non-hydrogen) atoms. The normalized spacial score (nSPS) is 17.8. The summed E-state index contributed by atoms with van der Waals surface area (Å²) in [6.45, 7) is 0. The van der Waals surface area contributed by atoms with E-state index in [1.807, 2.05) is 12.1 Å². The third-order valence-corrected chi connectivity index (χ3v) is 6.37.